The van der Waals surface area contributed by atoms with Crippen LogP contribution in [0.1, 0.15) is 5.56 Å². The molecule has 0 radical (unpaired) electrons. The van der Waals surface area contributed by atoms with Gasteiger partial charge in [-0.05, 0) is 18.6 Å². The topological polar surface area (TPSA) is 32.9 Å². The molecule has 0 fully saturated rings. The minimum absolute atomic E-state index is 0.112. The number of fused-ring (bicyclic) bond motifs is 1. The summed E-state index contributed by atoms with van der Waals surface area (Å²) in [7, 11) is 0. The molecule has 0 aliphatic rings. The first-order valence-electron chi connectivity index (χ1n) is 3.96. The molecule has 1 aromatic heterocycles. The van der Waals surface area contributed by atoms with E-state index in [1.807, 2.05) is 19.1 Å². The smallest absolute Gasteiger partial charge is 0.207 e. The summed E-state index contributed by atoms with van der Waals surface area (Å²) in [5, 5.41) is 0.880. The number of pyridine rings is 1. The average molecular weight is 194 g/mol. The monoisotopic (exact) mass is 193 g/mol. The molecule has 0 spiro atoms. The predicted molar refractivity (Wildman–Crippen MR) is 54.3 cm³/mol. The van der Waals surface area contributed by atoms with E-state index >= 15 is 0 Å². The van der Waals surface area contributed by atoms with Crippen LogP contribution >= 0.6 is 11.6 Å². The van der Waals surface area contributed by atoms with Crippen LogP contribution in [0, 0.1) is 6.92 Å². The van der Waals surface area contributed by atoms with Crippen LogP contribution in [0.15, 0.2) is 29.2 Å². The third-order valence-electron chi connectivity index (χ3n) is 2.08. The fourth-order valence-electron chi connectivity index (χ4n) is 1.38. The van der Waals surface area contributed by atoms with E-state index in [-0.39, 0.29) is 10.5 Å². The Hall–Kier alpha value is -1.28. The normalized spacial score (nSPS) is 10.6. The summed E-state index contributed by atoms with van der Waals surface area (Å²) >= 11 is 5.70. The second kappa shape index (κ2) is 2.89. The Morgan fingerprint density at radius 3 is 2.92 bits per heavy atom. The van der Waals surface area contributed by atoms with Gasteiger partial charge in [0.25, 0.3) is 0 Å². The number of hydrogen-bond donors (Lipinski definition) is 1. The quantitative estimate of drug-likeness (QED) is 0.685. The molecule has 2 nitrogen and oxygen atoms in total. The van der Waals surface area contributed by atoms with Gasteiger partial charge in [0.2, 0.25) is 5.43 Å². The molecular formula is C10H8ClNO. The van der Waals surface area contributed by atoms with Crippen LogP contribution in [0.5, 0.6) is 0 Å². The van der Waals surface area contributed by atoms with Crippen molar-refractivity contribution in [3.8, 4) is 0 Å². The average Bonchev–Trinajstić information content (AvgIpc) is 2.12. The van der Waals surface area contributed by atoms with Gasteiger partial charge in [-0.2, -0.15) is 0 Å². The molecular weight excluding hydrogens is 186 g/mol. The second-order valence-corrected chi connectivity index (χ2v) is 3.37. The maximum atomic E-state index is 11.5. The molecule has 0 atom stereocenters. The third kappa shape index (κ3) is 1.23. The predicted octanol–water partition coefficient (Wildman–Crippen LogP) is 2.49. The minimum Gasteiger partial charge on any atom is -0.359 e. The van der Waals surface area contributed by atoms with Crippen molar-refractivity contribution in [2.24, 2.45) is 0 Å². The molecule has 13 heavy (non-hydrogen) atoms. The molecule has 0 aliphatic carbocycles. The zero-order valence-corrected chi connectivity index (χ0v) is 7.85. The molecule has 2 aromatic rings. The van der Waals surface area contributed by atoms with Crippen molar-refractivity contribution in [1.29, 1.82) is 0 Å². The van der Waals surface area contributed by atoms with Crippen LogP contribution in [0.2, 0.25) is 5.02 Å². The number of aromatic nitrogens is 1. The summed E-state index contributed by atoms with van der Waals surface area (Å²) in [6.45, 7) is 1.95. The van der Waals surface area contributed by atoms with Crippen LogP contribution in [0.3, 0.4) is 0 Å². The molecule has 0 unspecified atom stereocenters. The maximum absolute atomic E-state index is 11.5. The fraction of sp³-hybridized carbons (Fsp3) is 0.100. The van der Waals surface area contributed by atoms with E-state index in [2.05, 4.69) is 4.98 Å². The Bertz CT molecular complexity index is 516. The van der Waals surface area contributed by atoms with Crippen molar-refractivity contribution in [3.05, 3.63) is 45.2 Å². The van der Waals surface area contributed by atoms with Gasteiger partial charge in [0.15, 0.2) is 0 Å². The first kappa shape index (κ1) is 8.32. The molecule has 0 bridgehead atoms. The van der Waals surface area contributed by atoms with Crippen molar-refractivity contribution in [2.75, 3.05) is 0 Å². The Kier molecular flexibility index (Phi) is 1.85. The first-order valence-corrected chi connectivity index (χ1v) is 4.34. The van der Waals surface area contributed by atoms with Gasteiger partial charge in [0.1, 0.15) is 5.02 Å². The second-order valence-electron chi connectivity index (χ2n) is 2.96. The lowest BCUT2D eigenvalue weighted by Gasteiger charge is -2.00. The molecule has 0 saturated carbocycles. The Labute approximate surface area is 80.2 Å². The standard InChI is InChI=1S/C10H8ClNO/c1-6-3-2-4-7-9(6)12-5-8(11)10(7)13/h2-5H,1H3,(H,12,13). The van der Waals surface area contributed by atoms with Crippen LogP contribution in [-0.4, -0.2) is 4.98 Å². The summed E-state index contributed by atoms with van der Waals surface area (Å²) in [6, 6.07) is 5.57. The largest absolute Gasteiger partial charge is 0.359 e. The number of halogens is 1. The summed E-state index contributed by atoms with van der Waals surface area (Å²) in [6.07, 6.45) is 1.53. The number of aryl methyl sites for hydroxylation is 1. The van der Waals surface area contributed by atoms with Crippen molar-refractivity contribution < 1.29 is 0 Å². The number of hydrogen-bond acceptors (Lipinski definition) is 1. The maximum Gasteiger partial charge on any atom is 0.207 e. The van der Waals surface area contributed by atoms with Crippen LogP contribution in [0.25, 0.3) is 10.9 Å². The number of para-hydroxylation sites is 1. The Morgan fingerprint density at radius 2 is 2.15 bits per heavy atom. The highest BCUT2D eigenvalue weighted by atomic mass is 35.5. The Morgan fingerprint density at radius 1 is 1.38 bits per heavy atom. The van der Waals surface area contributed by atoms with Gasteiger partial charge < -0.3 is 4.98 Å². The van der Waals surface area contributed by atoms with Crippen molar-refractivity contribution in [2.45, 2.75) is 6.92 Å². The van der Waals surface area contributed by atoms with Crippen LogP contribution in [-0.2, 0) is 0 Å². The highest BCUT2D eigenvalue weighted by molar-refractivity contribution is 6.31. The van der Waals surface area contributed by atoms with E-state index in [1.54, 1.807) is 6.07 Å². The molecule has 0 aliphatic heterocycles. The van der Waals surface area contributed by atoms with E-state index < -0.39 is 0 Å². The molecule has 1 heterocycles. The van der Waals surface area contributed by atoms with Crippen LogP contribution < -0.4 is 5.43 Å². The molecule has 1 aromatic carbocycles. The summed E-state index contributed by atoms with van der Waals surface area (Å²) < 4.78 is 0. The van der Waals surface area contributed by atoms with Crippen molar-refractivity contribution >= 4 is 22.5 Å². The Balaban J connectivity index is 3.03. The molecule has 1 N–H and O–H groups in total. The van der Waals surface area contributed by atoms with Gasteiger partial charge in [0.05, 0.1) is 5.52 Å². The van der Waals surface area contributed by atoms with E-state index in [0.29, 0.717) is 5.39 Å². The van der Waals surface area contributed by atoms with Gasteiger partial charge in [-0.25, -0.2) is 0 Å². The first-order chi connectivity index (χ1) is 6.20. The van der Waals surface area contributed by atoms with Crippen LogP contribution in [0.4, 0.5) is 0 Å². The van der Waals surface area contributed by atoms with Gasteiger partial charge in [0, 0.05) is 11.6 Å². The molecule has 0 amide bonds. The van der Waals surface area contributed by atoms with Gasteiger partial charge in [-0.15, -0.1) is 0 Å². The van der Waals surface area contributed by atoms with Crippen molar-refractivity contribution in [3.63, 3.8) is 0 Å². The SMILES string of the molecule is Cc1cccc2c(=O)c(Cl)c[nH]c12. The minimum atomic E-state index is -0.112. The molecule has 0 saturated heterocycles. The van der Waals surface area contributed by atoms with Gasteiger partial charge in [-0.3, -0.25) is 4.79 Å². The highest BCUT2D eigenvalue weighted by Crippen LogP contribution is 2.13. The number of benzene rings is 1. The van der Waals surface area contributed by atoms with E-state index in [0.717, 1.165) is 11.1 Å². The highest BCUT2D eigenvalue weighted by Gasteiger charge is 2.03. The number of rotatable bonds is 0. The lowest BCUT2D eigenvalue weighted by molar-refractivity contribution is 1.35. The summed E-state index contributed by atoms with van der Waals surface area (Å²) in [5.74, 6) is 0. The number of H-pyrrole nitrogens is 1. The van der Waals surface area contributed by atoms with Gasteiger partial charge >= 0.3 is 0 Å². The third-order valence-corrected chi connectivity index (χ3v) is 2.36. The fourth-order valence-corrected chi connectivity index (χ4v) is 1.53. The lowest BCUT2D eigenvalue weighted by atomic mass is 10.1. The summed E-state index contributed by atoms with van der Waals surface area (Å²) in [4.78, 5) is 14.5. The molecule has 2 rings (SSSR count). The molecule has 66 valence electrons. The van der Waals surface area contributed by atoms with E-state index in [1.165, 1.54) is 6.20 Å². The lowest BCUT2D eigenvalue weighted by Crippen LogP contribution is -2.03. The summed E-state index contributed by atoms with van der Waals surface area (Å²) in [5.41, 5.74) is 1.79. The van der Waals surface area contributed by atoms with E-state index in [4.69, 9.17) is 11.6 Å². The number of aromatic amines is 1. The number of nitrogens with one attached hydrogen (secondary N) is 1. The zero-order valence-electron chi connectivity index (χ0n) is 7.10. The van der Waals surface area contributed by atoms with E-state index in [9.17, 15) is 4.79 Å². The van der Waals surface area contributed by atoms with Crippen molar-refractivity contribution in [1.82, 2.24) is 4.98 Å². The zero-order chi connectivity index (χ0) is 9.42. The molecule has 3 heteroatoms. The van der Waals surface area contributed by atoms with Gasteiger partial charge in [-0.1, -0.05) is 23.7 Å².